The van der Waals surface area contributed by atoms with Gasteiger partial charge in [-0.25, -0.2) is 4.68 Å². The standard InChI is InChI=1S/C17H23N5OS/c1-17(2,3)16-12(11-19-20-16)10-18-15-9-13(14-5-4-8-24-14)21-22(15)6-7-23/h4-5,8-9,11,18,23H,6-7,10H2,1-3H3,(H,19,20). The topological polar surface area (TPSA) is 78.8 Å². The van der Waals surface area contributed by atoms with Crippen LogP contribution in [0, 0.1) is 0 Å². The third-order valence-corrected chi connectivity index (χ3v) is 4.69. The number of rotatable bonds is 6. The lowest BCUT2D eigenvalue weighted by atomic mass is 9.89. The van der Waals surface area contributed by atoms with E-state index >= 15 is 0 Å². The van der Waals surface area contributed by atoms with E-state index in [2.05, 4.69) is 41.4 Å². The summed E-state index contributed by atoms with van der Waals surface area (Å²) in [6, 6.07) is 6.09. The van der Waals surface area contributed by atoms with Gasteiger partial charge in [0.15, 0.2) is 0 Å². The number of anilines is 1. The Balaban J connectivity index is 1.81. The molecule has 0 bridgehead atoms. The van der Waals surface area contributed by atoms with Crippen molar-refractivity contribution in [3.05, 3.63) is 41.0 Å². The monoisotopic (exact) mass is 345 g/mol. The van der Waals surface area contributed by atoms with E-state index in [-0.39, 0.29) is 12.0 Å². The Morgan fingerprint density at radius 2 is 2.21 bits per heavy atom. The van der Waals surface area contributed by atoms with Gasteiger partial charge in [-0.2, -0.15) is 10.2 Å². The molecule has 0 saturated heterocycles. The number of aromatic amines is 1. The van der Waals surface area contributed by atoms with Gasteiger partial charge in [0, 0.05) is 29.3 Å². The van der Waals surface area contributed by atoms with Gasteiger partial charge in [-0.1, -0.05) is 26.8 Å². The third kappa shape index (κ3) is 3.52. The number of hydrogen-bond acceptors (Lipinski definition) is 5. The predicted octanol–water partition coefficient (Wildman–Crippen LogP) is 3.24. The van der Waals surface area contributed by atoms with Crippen molar-refractivity contribution in [3.8, 4) is 10.6 Å². The summed E-state index contributed by atoms with van der Waals surface area (Å²) < 4.78 is 1.81. The highest BCUT2D eigenvalue weighted by molar-refractivity contribution is 7.13. The molecule has 3 aromatic rings. The van der Waals surface area contributed by atoms with E-state index in [0.717, 1.165) is 27.6 Å². The van der Waals surface area contributed by atoms with Crippen LogP contribution in [0.1, 0.15) is 32.0 Å². The van der Waals surface area contributed by atoms with Gasteiger partial charge in [-0.05, 0) is 11.4 Å². The second-order valence-electron chi connectivity index (χ2n) is 6.71. The van der Waals surface area contributed by atoms with Gasteiger partial charge < -0.3 is 10.4 Å². The van der Waals surface area contributed by atoms with E-state index in [4.69, 9.17) is 0 Å². The van der Waals surface area contributed by atoms with Crippen LogP contribution in [0.3, 0.4) is 0 Å². The molecule has 3 N–H and O–H groups in total. The van der Waals surface area contributed by atoms with E-state index in [0.29, 0.717) is 13.1 Å². The van der Waals surface area contributed by atoms with Gasteiger partial charge in [-0.15, -0.1) is 11.3 Å². The molecule has 0 aliphatic rings. The van der Waals surface area contributed by atoms with E-state index in [1.807, 2.05) is 34.5 Å². The van der Waals surface area contributed by atoms with Gasteiger partial charge in [0.1, 0.15) is 11.5 Å². The van der Waals surface area contributed by atoms with Crippen molar-refractivity contribution in [2.24, 2.45) is 0 Å². The minimum atomic E-state index is 0.0149. The summed E-state index contributed by atoms with van der Waals surface area (Å²) in [5.74, 6) is 0.897. The molecule has 0 spiro atoms. The van der Waals surface area contributed by atoms with Crippen molar-refractivity contribution in [3.63, 3.8) is 0 Å². The molecule has 7 heteroatoms. The first-order chi connectivity index (χ1) is 11.5. The predicted molar refractivity (Wildman–Crippen MR) is 97.2 cm³/mol. The number of aromatic nitrogens is 4. The van der Waals surface area contributed by atoms with Crippen molar-refractivity contribution in [1.82, 2.24) is 20.0 Å². The fourth-order valence-electron chi connectivity index (χ4n) is 2.65. The zero-order valence-electron chi connectivity index (χ0n) is 14.2. The van der Waals surface area contributed by atoms with Gasteiger partial charge in [0.2, 0.25) is 0 Å². The molecule has 0 aromatic carbocycles. The molecule has 3 aromatic heterocycles. The van der Waals surface area contributed by atoms with E-state index in [1.54, 1.807) is 11.3 Å². The molecule has 0 aliphatic carbocycles. The maximum absolute atomic E-state index is 9.29. The molecule has 0 fully saturated rings. The number of aliphatic hydroxyl groups is 1. The fourth-order valence-corrected chi connectivity index (χ4v) is 3.33. The van der Waals surface area contributed by atoms with E-state index in [9.17, 15) is 5.11 Å². The largest absolute Gasteiger partial charge is 0.394 e. The molecule has 0 radical (unpaired) electrons. The number of hydrogen-bond donors (Lipinski definition) is 3. The molecular weight excluding hydrogens is 322 g/mol. The van der Waals surface area contributed by atoms with Crippen LogP contribution in [0.4, 0.5) is 5.82 Å². The Bertz CT molecular complexity index is 782. The Morgan fingerprint density at radius 3 is 2.88 bits per heavy atom. The van der Waals surface area contributed by atoms with E-state index < -0.39 is 0 Å². The Morgan fingerprint density at radius 1 is 1.38 bits per heavy atom. The van der Waals surface area contributed by atoms with Gasteiger partial charge in [0.25, 0.3) is 0 Å². The molecule has 3 heterocycles. The summed E-state index contributed by atoms with van der Waals surface area (Å²) >= 11 is 1.66. The van der Waals surface area contributed by atoms with Crippen LogP contribution in [-0.4, -0.2) is 31.7 Å². The zero-order valence-corrected chi connectivity index (χ0v) is 15.0. The SMILES string of the molecule is CC(C)(C)c1[nH]ncc1CNc1cc(-c2cccs2)nn1CCO. The third-order valence-electron chi connectivity index (χ3n) is 3.79. The highest BCUT2D eigenvalue weighted by Gasteiger charge is 2.20. The summed E-state index contributed by atoms with van der Waals surface area (Å²) in [5.41, 5.74) is 3.20. The number of nitrogens with one attached hydrogen (secondary N) is 2. The van der Waals surface area contributed by atoms with Crippen molar-refractivity contribution < 1.29 is 5.11 Å². The van der Waals surface area contributed by atoms with Gasteiger partial charge in [-0.3, -0.25) is 5.10 Å². The van der Waals surface area contributed by atoms with Crippen molar-refractivity contribution in [2.75, 3.05) is 11.9 Å². The lowest BCUT2D eigenvalue weighted by Crippen LogP contribution is -2.16. The van der Waals surface area contributed by atoms with Crippen LogP contribution in [0.25, 0.3) is 10.6 Å². The van der Waals surface area contributed by atoms with Crippen LogP contribution < -0.4 is 5.32 Å². The van der Waals surface area contributed by atoms with Gasteiger partial charge in [0.05, 0.1) is 24.2 Å². The zero-order chi connectivity index (χ0) is 17.2. The molecule has 3 rings (SSSR count). The highest BCUT2D eigenvalue weighted by atomic mass is 32.1. The molecular formula is C17H23N5OS. The molecule has 6 nitrogen and oxygen atoms in total. The summed E-state index contributed by atoms with van der Waals surface area (Å²) in [4.78, 5) is 1.12. The number of nitrogens with zero attached hydrogens (tertiary/aromatic N) is 3. The molecule has 0 atom stereocenters. The Hall–Kier alpha value is -2.12. The maximum atomic E-state index is 9.29. The molecule has 0 aliphatic heterocycles. The average molecular weight is 345 g/mol. The summed E-state index contributed by atoms with van der Waals surface area (Å²) in [6.07, 6.45) is 1.86. The summed E-state index contributed by atoms with van der Waals surface area (Å²) in [6.45, 7) is 7.66. The van der Waals surface area contributed by atoms with Crippen LogP contribution in [0.2, 0.25) is 0 Å². The first-order valence-corrected chi connectivity index (χ1v) is 8.86. The Labute approximate surface area is 145 Å². The van der Waals surface area contributed by atoms with Crippen LogP contribution in [-0.2, 0) is 18.5 Å². The quantitative estimate of drug-likeness (QED) is 0.641. The highest BCUT2D eigenvalue weighted by Crippen LogP contribution is 2.27. The second kappa shape index (κ2) is 6.78. The molecule has 0 unspecified atom stereocenters. The van der Waals surface area contributed by atoms with E-state index in [1.165, 1.54) is 0 Å². The molecule has 128 valence electrons. The normalized spacial score (nSPS) is 11.8. The van der Waals surface area contributed by atoms with Crippen LogP contribution in [0.15, 0.2) is 29.8 Å². The molecule has 24 heavy (non-hydrogen) atoms. The van der Waals surface area contributed by atoms with Crippen molar-refractivity contribution in [2.45, 2.75) is 39.3 Å². The first-order valence-electron chi connectivity index (χ1n) is 7.98. The minimum absolute atomic E-state index is 0.0149. The number of thiophene rings is 1. The number of H-pyrrole nitrogens is 1. The molecule has 0 saturated carbocycles. The lowest BCUT2D eigenvalue weighted by molar-refractivity contribution is 0.270. The molecule has 0 amide bonds. The average Bonchev–Trinajstić information content (AvgIpc) is 3.25. The fraction of sp³-hybridized carbons (Fsp3) is 0.412. The van der Waals surface area contributed by atoms with Crippen LogP contribution >= 0.6 is 11.3 Å². The smallest absolute Gasteiger partial charge is 0.125 e. The lowest BCUT2D eigenvalue weighted by Gasteiger charge is -2.18. The maximum Gasteiger partial charge on any atom is 0.125 e. The first kappa shape index (κ1) is 16.7. The van der Waals surface area contributed by atoms with Crippen molar-refractivity contribution >= 4 is 17.2 Å². The van der Waals surface area contributed by atoms with Gasteiger partial charge >= 0.3 is 0 Å². The minimum Gasteiger partial charge on any atom is -0.394 e. The summed E-state index contributed by atoms with van der Waals surface area (Å²) in [5, 5.41) is 26.6. The Kier molecular flexibility index (Phi) is 4.73. The van der Waals surface area contributed by atoms with Crippen LogP contribution in [0.5, 0.6) is 0 Å². The second-order valence-corrected chi connectivity index (χ2v) is 7.66. The van der Waals surface area contributed by atoms with Crippen molar-refractivity contribution in [1.29, 1.82) is 0 Å². The summed E-state index contributed by atoms with van der Waals surface area (Å²) in [7, 11) is 0. The number of aliphatic hydroxyl groups excluding tert-OH is 1.